The minimum absolute atomic E-state index is 0.00778. The van der Waals surface area contributed by atoms with Crippen LogP contribution in [0.15, 0.2) is 0 Å². The number of nitrogens with two attached hydrogens (primary N) is 1. The Labute approximate surface area is 79.8 Å². The van der Waals surface area contributed by atoms with E-state index in [0.717, 1.165) is 12.8 Å². The summed E-state index contributed by atoms with van der Waals surface area (Å²) in [4.78, 5) is 11.1. The molecule has 0 rings (SSSR count). The van der Waals surface area contributed by atoms with Gasteiger partial charge >= 0.3 is 0 Å². The van der Waals surface area contributed by atoms with Gasteiger partial charge < -0.3 is 15.8 Å². The molecule has 13 heavy (non-hydrogen) atoms. The van der Waals surface area contributed by atoms with Gasteiger partial charge in [-0.1, -0.05) is 13.3 Å². The van der Waals surface area contributed by atoms with Gasteiger partial charge in [0.1, 0.15) is 0 Å². The third-order valence-electron chi connectivity index (χ3n) is 1.75. The highest BCUT2D eigenvalue weighted by molar-refractivity contribution is 5.75. The quantitative estimate of drug-likeness (QED) is 0.602. The topological polar surface area (TPSA) is 64.3 Å². The van der Waals surface area contributed by atoms with E-state index in [4.69, 9.17) is 10.5 Å². The summed E-state index contributed by atoms with van der Waals surface area (Å²) in [5.74, 6) is 0.00778. The summed E-state index contributed by atoms with van der Waals surface area (Å²) >= 11 is 0. The standard InChI is InChI=1S/C9H20N2O2/c1-3-4-8(10)7-11-9(12)5-6-13-2/h8H,3-7,10H2,1-2H3,(H,11,12). The molecule has 0 aliphatic rings. The van der Waals surface area contributed by atoms with Crippen LogP contribution in [0.2, 0.25) is 0 Å². The van der Waals surface area contributed by atoms with Gasteiger partial charge in [-0.2, -0.15) is 0 Å². The normalized spacial score (nSPS) is 12.5. The summed E-state index contributed by atoms with van der Waals surface area (Å²) in [6.45, 7) is 3.11. The molecule has 4 heteroatoms. The average Bonchev–Trinajstić information content (AvgIpc) is 2.12. The predicted octanol–water partition coefficient (Wildman–Crippen LogP) is 0.267. The lowest BCUT2D eigenvalue weighted by Crippen LogP contribution is -2.37. The first-order chi connectivity index (χ1) is 6.20. The number of carbonyl (C=O) groups is 1. The van der Waals surface area contributed by atoms with Gasteiger partial charge in [-0.3, -0.25) is 4.79 Å². The van der Waals surface area contributed by atoms with Crippen molar-refractivity contribution >= 4 is 5.91 Å². The SMILES string of the molecule is CCCC(N)CNC(=O)CCOC. The van der Waals surface area contributed by atoms with Gasteiger partial charge in [-0.15, -0.1) is 0 Å². The highest BCUT2D eigenvalue weighted by Crippen LogP contribution is 1.91. The lowest BCUT2D eigenvalue weighted by Gasteiger charge is -2.11. The maximum absolute atomic E-state index is 11.1. The van der Waals surface area contributed by atoms with E-state index >= 15 is 0 Å². The van der Waals surface area contributed by atoms with E-state index in [2.05, 4.69) is 12.2 Å². The molecular formula is C9H20N2O2. The molecule has 0 radical (unpaired) electrons. The number of rotatable bonds is 7. The molecule has 0 fully saturated rings. The van der Waals surface area contributed by atoms with Crippen molar-refractivity contribution in [1.29, 1.82) is 0 Å². The van der Waals surface area contributed by atoms with Crippen molar-refractivity contribution in [2.24, 2.45) is 5.73 Å². The molecular weight excluding hydrogens is 168 g/mol. The Balaban J connectivity index is 3.34. The smallest absolute Gasteiger partial charge is 0.222 e. The molecule has 0 aliphatic heterocycles. The minimum atomic E-state index is 0.00778. The summed E-state index contributed by atoms with van der Waals surface area (Å²) in [7, 11) is 1.58. The van der Waals surface area contributed by atoms with Crippen molar-refractivity contribution in [3.63, 3.8) is 0 Å². The number of ether oxygens (including phenoxy) is 1. The second kappa shape index (κ2) is 8.01. The molecule has 0 heterocycles. The van der Waals surface area contributed by atoms with E-state index in [1.165, 1.54) is 0 Å². The largest absolute Gasteiger partial charge is 0.384 e. The molecule has 0 saturated carbocycles. The van der Waals surface area contributed by atoms with Crippen LogP contribution in [0.4, 0.5) is 0 Å². The third kappa shape index (κ3) is 7.74. The summed E-state index contributed by atoms with van der Waals surface area (Å²) in [5, 5.41) is 2.76. The number of nitrogens with one attached hydrogen (secondary N) is 1. The minimum Gasteiger partial charge on any atom is -0.384 e. The van der Waals surface area contributed by atoms with Gasteiger partial charge in [-0.25, -0.2) is 0 Å². The Bertz CT molecular complexity index is 140. The third-order valence-corrected chi connectivity index (χ3v) is 1.75. The van der Waals surface area contributed by atoms with Crippen LogP contribution in [0.3, 0.4) is 0 Å². The second-order valence-electron chi connectivity index (χ2n) is 3.10. The van der Waals surface area contributed by atoms with Crippen LogP contribution < -0.4 is 11.1 Å². The molecule has 4 nitrogen and oxygen atoms in total. The van der Waals surface area contributed by atoms with Crippen LogP contribution in [0.5, 0.6) is 0 Å². The molecule has 0 aliphatic carbocycles. The Morgan fingerprint density at radius 2 is 2.31 bits per heavy atom. The van der Waals surface area contributed by atoms with Crippen LogP contribution in [0.25, 0.3) is 0 Å². The van der Waals surface area contributed by atoms with Crippen molar-refractivity contribution in [2.75, 3.05) is 20.3 Å². The van der Waals surface area contributed by atoms with Crippen molar-refractivity contribution in [3.05, 3.63) is 0 Å². The van der Waals surface area contributed by atoms with E-state index in [0.29, 0.717) is 19.6 Å². The molecule has 0 spiro atoms. The van der Waals surface area contributed by atoms with Crippen LogP contribution >= 0.6 is 0 Å². The fourth-order valence-corrected chi connectivity index (χ4v) is 1.00. The first-order valence-corrected chi connectivity index (χ1v) is 4.72. The average molecular weight is 188 g/mol. The summed E-state index contributed by atoms with van der Waals surface area (Å²) in [6.07, 6.45) is 2.41. The zero-order chi connectivity index (χ0) is 10.1. The molecule has 0 saturated heterocycles. The number of methoxy groups -OCH3 is 1. The molecule has 1 unspecified atom stereocenters. The van der Waals surface area contributed by atoms with Gasteiger partial charge in [0.2, 0.25) is 5.91 Å². The Kier molecular flexibility index (Phi) is 7.63. The van der Waals surface area contributed by atoms with E-state index in [9.17, 15) is 4.79 Å². The van der Waals surface area contributed by atoms with E-state index in [1.807, 2.05) is 0 Å². The van der Waals surface area contributed by atoms with Crippen LogP contribution in [-0.2, 0) is 9.53 Å². The molecule has 0 bridgehead atoms. The van der Waals surface area contributed by atoms with Crippen molar-refractivity contribution in [1.82, 2.24) is 5.32 Å². The number of hydrogen-bond donors (Lipinski definition) is 2. The number of amides is 1. The van der Waals surface area contributed by atoms with E-state index in [-0.39, 0.29) is 11.9 Å². The molecule has 3 N–H and O–H groups in total. The van der Waals surface area contributed by atoms with Gasteiger partial charge in [0.25, 0.3) is 0 Å². The molecule has 1 atom stereocenters. The molecule has 0 aromatic rings. The van der Waals surface area contributed by atoms with Gasteiger partial charge in [-0.05, 0) is 6.42 Å². The summed E-state index contributed by atoms with van der Waals surface area (Å²) in [6, 6.07) is 0.0801. The zero-order valence-corrected chi connectivity index (χ0v) is 8.51. The van der Waals surface area contributed by atoms with Gasteiger partial charge in [0, 0.05) is 26.1 Å². The van der Waals surface area contributed by atoms with Crippen molar-refractivity contribution in [2.45, 2.75) is 32.2 Å². The van der Waals surface area contributed by atoms with E-state index in [1.54, 1.807) is 7.11 Å². The predicted molar refractivity (Wildman–Crippen MR) is 52.4 cm³/mol. The fraction of sp³-hybridized carbons (Fsp3) is 0.889. The number of carbonyl (C=O) groups excluding carboxylic acids is 1. The van der Waals surface area contributed by atoms with Crippen molar-refractivity contribution < 1.29 is 9.53 Å². The van der Waals surface area contributed by atoms with Crippen LogP contribution in [-0.4, -0.2) is 32.2 Å². The lowest BCUT2D eigenvalue weighted by molar-refractivity contribution is -0.122. The van der Waals surface area contributed by atoms with Crippen LogP contribution in [0, 0.1) is 0 Å². The maximum Gasteiger partial charge on any atom is 0.222 e. The summed E-state index contributed by atoms with van der Waals surface area (Å²) < 4.78 is 4.77. The fourth-order valence-electron chi connectivity index (χ4n) is 1.00. The Morgan fingerprint density at radius 3 is 2.85 bits per heavy atom. The first kappa shape index (κ1) is 12.4. The molecule has 78 valence electrons. The molecule has 0 aromatic heterocycles. The van der Waals surface area contributed by atoms with Crippen molar-refractivity contribution in [3.8, 4) is 0 Å². The Hall–Kier alpha value is -0.610. The summed E-state index contributed by atoms with van der Waals surface area (Å²) in [5.41, 5.74) is 5.72. The first-order valence-electron chi connectivity index (χ1n) is 4.72. The lowest BCUT2D eigenvalue weighted by atomic mass is 10.2. The Morgan fingerprint density at radius 1 is 1.62 bits per heavy atom. The van der Waals surface area contributed by atoms with Crippen LogP contribution in [0.1, 0.15) is 26.2 Å². The zero-order valence-electron chi connectivity index (χ0n) is 8.51. The van der Waals surface area contributed by atoms with E-state index < -0.39 is 0 Å². The van der Waals surface area contributed by atoms with Gasteiger partial charge in [0.15, 0.2) is 0 Å². The highest BCUT2D eigenvalue weighted by Gasteiger charge is 2.04. The maximum atomic E-state index is 11.1. The van der Waals surface area contributed by atoms with Gasteiger partial charge in [0.05, 0.1) is 6.61 Å². The monoisotopic (exact) mass is 188 g/mol. The molecule has 1 amide bonds. The highest BCUT2D eigenvalue weighted by atomic mass is 16.5. The second-order valence-corrected chi connectivity index (χ2v) is 3.10. The number of hydrogen-bond acceptors (Lipinski definition) is 3. The molecule has 0 aromatic carbocycles.